The van der Waals surface area contributed by atoms with Crippen molar-refractivity contribution in [2.45, 2.75) is 6.42 Å². The second-order valence-electron chi connectivity index (χ2n) is 3.43. The molecule has 0 aliphatic heterocycles. The summed E-state index contributed by atoms with van der Waals surface area (Å²) in [5.74, 6) is 1.46. The standard InChI is InChI=1S/C12H17BrO2/c1-14-10-11(9-13)7-8-15-12-5-3-2-4-6-12/h2-6,11H,7-10H2,1H3. The highest BCUT2D eigenvalue weighted by atomic mass is 79.9. The van der Waals surface area contributed by atoms with Gasteiger partial charge in [0, 0.05) is 19.0 Å². The van der Waals surface area contributed by atoms with Gasteiger partial charge in [-0.15, -0.1) is 0 Å². The first-order valence-corrected chi connectivity index (χ1v) is 6.21. The van der Waals surface area contributed by atoms with Crippen LogP contribution in [0.3, 0.4) is 0 Å². The van der Waals surface area contributed by atoms with Crippen LogP contribution in [-0.4, -0.2) is 25.7 Å². The van der Waals surface area contributed by atoms with Crippen molar-refractivity contribution in [2.75, 3.05) is 25.7 Å². The zero-order valence-electron chi connectivity index (χ0n) is 8.99. The van der Waals surface area contributed by atoms with Crippen LogP contribution in [0, 0.1) is 5.92 Å². The Hall–Kier alpha value is -0.540. The molecule has 0 spiro atoms. The Labute approximate surface area is 99.7 Å². The highest BCUT2D eigenvalue weighted by Crippen LogP contribution is 2.12. The van der Waals surface area contributed by atoms with Crippen LogP contribution in [0.15, 0.2) is 30.3 Å². The summed E-state index contributed by atoms with van der Waals surface area (Å²) in [4.78, 5) is 0. The van der Waals surface area contributed by atoms with Crippen molar-refractivity contribution in [1.29, 1.82) is 0 Å². The van der Waals surface area contributed by atoms with Gasteiger partial charge in [0.1, 0.15) is 5.75 Å². The second kappa shape index (κ2) is 7.71. The predicted octanol–water partition coefficient (Wildman–Crippen LogP) is 3.11. The maximum absolute atomic E-state index is 5.61. The van der Waals surface area contributed by atoms with Gasteiger partial charge in [-0.05, 0) is 24.5 Å². The van der Waals surface area contributed by atoms with Crippen LogP contribution in [0.2, 0.25) is 0 Å². The van der Waals surface area contributed by atoms with Crippen LogP contribution in [0.4, 0.5) is 0 Å². The van der Waals surface area contributed by atoms with E-state index in [1.807, 2.05) is 30.3 Å². The number of para-hydroxylation sites is 1. The number of halogens is 1. The Morgan fingerprint density at radius 2 is 2.00 bits per heavy atom. The van der Waals surface area contributed by atoms with Gasteiger partial charge in [0.05, 0.1) is 6.61 Å². The van der Waals surface area contributed by atoms with Crippen LogP contribution >= 0.6 is 15.9 Å². The predicted molar refractivity (Wildman–Crippen MR) is 65.7 cm³/mol. The molecule has 1 aromatic rings. The number of methoxy groups -OCH3 is 1. The van der Waals surface area contributed by atoms with E-state index in [-0.39, 0.29) is 0 Å². The topological polar surface area (TPSA) is 18.5 Å². The number of hydrogen-bond acceptors (Lipinski definition) is 2. The minimum absolute atomic E-state index is 0.527. The maximum atomic E-state index is 5.61. The van der Waals surface area contributed by atoms with Gasteiger partial charge in [-0.3, -0.25) is 0 Å². The first-order chi connectivity index (χ1) is 7.36. The van der Waals surface area contributed by atoms with Gasteiger partial charge in [0.25, 0.3) is 0 Å². The van der Waals surface area contributed by atoms with Gasteiger partial charge in [0.15, 0.2) is 0 Å². The number of rotatable bonds is 7. The fourth-order valence-electron chi connectivity index (χ4n) is 1.30. The molecule has 3 heteroatoms. The summed E-state index contributed by atoms with van der Waals surface area (Å²) in [6.07, 6.45) is 1.01. The van der Waals surface area contributed by atoms with Crippen LogP contribution in [0.25, 0.3) is 0 Å². The van der Waals surface area contributed by atoms with Crippen molar-refractivity contribution in [2.24, 2.45) is 5.92 Å². The van der Waals surface area contributed by atoms with Crippen LogP contribution in [-0.2, 0) is 4.74 Å². The lowest BCUT2D eigenvalue weighted by molar-refractivity contribution is 0.147. The van der Waals surface area contributed by atoms with Crippen molar-refractivity contribution in [3.05, 3.63) is 30.3 Å². The smallest absolute Gasteiger partial charge is 0.119 e. The summed E-state index contributed by atoms with van der Waals surface area (Å²) in [5.41, 5.74) is 0. The molecule has 0 aliphatic rings. The van der Waals surface area contributed by atoms with Gasteiger partial charge in [-0.2, -0.15) is 0 Å². The van der Waals surface area contributed by atoms with Gasteiger partial charge in [-0.1, -0.05) is 34.1 Å². The second-order valence-corrected chi connectivity index (χ2v) is 4.07. The summed E-state index contributed by atoms with van der Waals surface area (Å²) < 4.78 is 10.7. The first-order valence-electron chi connectivity index (χ1n) is 5.09. The van der Waals surface area contributed by atoms with E-state index in [2.05, 4.69) is 15.9 Å². The minimum Gasteiger partial charge on any atom is -0.494 e. The molecule has 0 aromatic heterocycles. The molecule has 0 amide bonds. The molecule has 2 nitrogen and oxygen atoms in total. The van der Waals surface area contributed by atoms with Gasteiger partial charge in [0.2, 0.25) is 0 Å². The third kappa shape index (κ3) is 5.19. The summed E-state index contributed by atoms with van der Waals surface area (Å²) >= 11 is 3.47. The molecule has 1 atom stereocenters. The van der Waals surface area contributed by atoms with Crippen molar-refractivity contribution >= 4 is 15.9 Å². The molecule has 0 N–H and O–H groups in total. The first kappa shape index (κ1) is 12.5. The third-order valence-electron chi connectivity index (χ3n) is 2.16. The summed E-state index contributed by atoms with van der Waals surface area (Å²) in [7, 11) is 1.73. The van der Waals surface area contributed by atoms with Gasteiger partial charge < -0.3 is 9.47 Å². The fourth-order valence-corrected chi connectivity index (χ4v) is 1.81. The molecule has 1 rings (SSSR count). The molecule has 0 saturated heterocycles. The van der Waals surface area contributed by atoms with E-state index in [0.29, 0.717) is 5.92 Å². The van der Waals surface area contributed by atoms with Gasteiger partial charge in [-0.25, -0.2) is 0 Å². The molecule has 0 bridgehead atoms. The van der Waals surface area contributed by atoms with E-state index in [1.54, 1.807) is 7.11 Å². The quantitative estimate of drug-likeness (QED) is 0.711. The average molecular weight is 273 g/mol. The molecule has 0 radical (unpaired) electrons. The molecule has 84 valence electrons. The number of ether oxygens (including phenoxy) is 2. The molecule has 1 aromatic carbocycles. The Morgan fingerprint density at radius 3 is 2.60 bits per heavy atom. The highest BCUT2D eigenvalue weighted by molar-refractivity contribution is 9.09. The van der Waals surface area contributed by atoms with E-state index in [9.17, 15) is 0 Å². The Balaban J connectivity index is 2.20. The molecule has 1 unspecified atom stereocenters. The molecule has 0 fully saturated rings. The highest BCUT2D eigenvalue weighted by Gasteiger charge is 2.06. The monoisotopic (exact) mass is 272 g/mol. The summed E-state index contributed by atoms with van der Waals surface area (Å²) in [6.45, 7) is 1.52. The number of hydrogen-bond donors (Lipinski definition) is 0. The Bertz CT molecular complexity index is 251. The number of alkyl halides is 1. The van der Waals surface area contributed by atoms with Crippen molar-refractivity contribution in [3.63, 3.8) is 0 Å². The Morgan fingerprint density at radius 1 is 1.27 bits per heavy atom. The van der Waals surface area contributed by atoms with E-state index in [0.717, 1.165) is 30.7 Å². The molecule has 0 heterocycles. The lowest BCUT2D eigenvalue weighted by Crippen LogP contribution is -2.13. The van der Waals surface area contributed by atoms with E-state index in [1.165, 1.54) is 0 Å². The maximum Gasteiger partial charge on any atom is 0.119 e. The molecule has 0 aliphatic carbocycles. The molecule has 15 heavy (non-hydrogen) atoms. The summed E-state index contributed by atoms with van der Waals surface area (Å²) in [6, 6.07) is 9.89. The lowest BCUT2D eigenvalue weighted by Gasteiger charge is -2.13. The van der Waals surface area contributed by atoms with Crippen LogP contribution in [0.5, 0.6) is 5.75 Å². The van der Waals surface area contributed by atoms with Gasteiger partial charge >= 0.3 is 0 Å². The zero-order chi connectivity index (χ0) is 10.9. The largest absolute Gasteiger partial charge is 0.494 e. The molecular formula is C12H17BrO2. The minimum atomic E-state index is 0.527. The van der Waals surface area contributed by atoms with Crippen molar-refractivity contribution < 1.29 is 9.47 Å². The average Bonchev–Trinajstić information content (AvgIpc) is 2.29. The van der Waals surface area contributed by atoms with Crippen LogP contribution in [0.1, 0.15) is 6.42 Å². The fraction of sp³-hybridized carbons (Fsp3) is 0.500. The lowest BCUT2D eigenvalue weighted by atomic mass is 10.1. The SMILES string of the molecule is COCC(CBr)CCOc1ccccc1. The van der Waals surface area contributed by atoms with E-state index < -0.39 is 0 Å². The normalized spacial score (nSPS) is 12.4. The van der Waals surface area contributed by atoms with Crippen molar-refractivity contribution in [3.8, 4) is 5.75 Å². The van der Waals surface area contributed by atoms with E-state index >= 15 is 0 Å². The Kier molecular flexibility index (Phi) is 6.44. The molecular weight excluding hydrogens is 256 g/mol. The number of benzene rings is 1. The zero-order valence-corrected chi connectivity index (χ0v) is 10.6. The van der Waals surface area contributed by atoms with Crippen molar-refractivity contribution in [1.82, 2.24) is 0 Å². The van der Waals surface area contributed by atoms with E-state index in [4.69, 9.17) is 9.47 Å². The van der Waals surface area contributed by atoms with Crippen LogP contribution < -0.4 is 4.74 Å². The summed E-state index contributed by atoms with van der Waals surface area (Å²) in [5, 5.41) is 0.957. The third-order valence-corrected chi connectivity index (χ3v) is 3.07. The molecule has 0 saturated carbocycles.